The zero-order valence-electron chi connectivity index (χ0n) is 17.5. The van der Waals surface area contributed by atoms with Gasteiger partial charge in [-0.25, -0.2) is 4.39 Å². The fraction of sp³-hybridized carbons (Fsp3) is 0.238. The molecule has 174 valence electrons. The second kappa shape index (κ2) is 11.1. The Hall–Kier alpha value is -3.21. The zero-order chi connectivity index (χ0) is 24.0. The van der Waals surface area contributed by atoms with Crippen molar-refractivity contribution in [1.82, 2.24) is 15.2 Å². The lowest BCUT2D eigenvalue weighted by atomic mass is 10.1. The lowest BCUT2D eigenvalue weighted by Gasteiger charge is -2.20. The van der Waals surface area contributed by atoms with Crippen molar-refractivity contribution >= 4 is 46.9 Å². The van der Waals surface area contributed by atoms with Gasteiger partial charge in [0.2, 0.25) is 12.0 Å². The molecular weight excluding hydrogens is 476 g/mol. The molecule has 0 aliphatic carbocycles. The van der Waals surface area contributed by atoms with Crippen LogP contribution in [-0.4, -0.2) is 41.9 Å². The summed E-state index contributed by atoms with van der Waals surface area (Å²) < 4.78 is 24.5. The molecule has 3 N–H and O–H groups in total. The number of hydrogen-bond donors (Lipinski definition) is 2. The average Bonchev–Trinajstić information content (AvgIpc) is 2.80. The van der Waals surface area contributed by atoms with Crippen LogP contribution >= 0.6 is 23.2 Å². The number of anilines is 3. The number of halogens is 3. The number of rotatable bonds is 10. The number of nitrogens with two attached hydrogens (primary N) is 1. The number of ether oxygens (including phenoxy) is 2. The molecule has 0 spiro atoms. The van der Waals surface area contributed by atoms with Crippen molar-refractivity contribution in [2.45, 2.75) is 12.8 Å². The molecule has 0 saturated carbocycles. The number of H-pyrrole nitrogens is 1. The van der Waals surface area contributed by atoms with E-state index in [1.165, 1.54) is 42.3 Å². The van der Waals surface area contributed by atoms with Gasteiger partial charge in [-0.1, -0.05) is 23.2 Å². The van der Waals surface area contributed by atoms with Crippen molar-refractivity contribution in [1.29, 1.82) is 0 Å². The van der Waals surface area contributed by atoms with Crippen LogP contribution in [0.1, 0.15) is 11.3 Å². The molecule has 0 saturated heterocycles. The van der Waals surface area contributed by atoms with Gasteiger partial charge >= 0.3 is 0 Å². The highest BCUT2D eigenvalue weighted by Crippen LogP contribution is 2.30. The number of hydrogen-bond acceptors (Lipinski definition) is 7. The molecule has 9 nitrogen and oxygen atoms in total. The first-order chi connectivity index (χ1) is 15.8. The van der Waals surface area contributed by atoms with Gasteiger partial charge in [0.25, 0.3) is 0 Å². The average molecular weight is 496 g/mol. The third-order valence-electron chi connectivity index (χ3n) is 4.67. The van der Waals surface area contributed by atoms with Gasteiger partial charge in [-0.15, -0.1) is 10.2 Å². The third-order valence-corrected chi connectivity index (χ3v) is 5.43. The van der Waals surface area contributed by atoms with Crippen LogP contribution in [0, 0.1) is 5.82 Å². The van der Waals surface area contributed by atoms with Gasteiger partial charge in [-0.3, -0.25) is 14.5 Å². The maximum absolute atomic E-state index is 13.7. The predicted octanol–water partition coefficient (Wildman–Crippen LogP) is 3.30. The smallest absolute Gasteiger partial charge is 0.248 e. The summed E-state index contributed by atoms with van der Waals surface area (Å²) in [7, 11) is 1.53. The van der Waals surface area contributed by atoms with Gasteiger partial charge in [0.05, 0.1) is 23.9 Å². The highest BCUT2D eigenvalue weighted by atomic mass is 35.5. The lowest BCUT2D eigenvalue weighted by Crippen LogP contribution is -2.22. The number of aromatic amines is 1. The Morgan fingerprint density at radius 2 is 1.97 bits per heavy atom. The second-order valence-corrected chi connectivity index (χ2v) is 7.56. The first-order valence-corrected chi connectivity index (χ1v) is 10.4. The minimum Gasteiger partial charge on any atom is -0.489 e. The van der Waals surface area contributed by atoms with E-state index >= 15 is 0 Å². The number of amides is 1. The Balaban J connectivity index is 1.84. The summed E-state index contributed by atoms with van der Waals surface area (Å²) in [6, 6.07) is 6.79. The number of nitrogen functional groups attached to an aromatic ring is 1. The van der Waals surface area contributed by atoms with Crippen LogP contribution < -0.4 is 20.9 Å². The summed E-state index contributed by atoms with van der Waals surface area (Å²) in [6.07, 6.45) is 1.08. The first kappa shape index (κ1) is 24.4. The van der Waals surface area contributed by atoms with E-state index in [0.717, 1.165) is 0 Å². The molecule has 0 atom stereocenters. The number of aromatic nitrogens is 3. The number of carbonyl (C=O) groups excluding carboxylic acids is 1. The van der Waals surface area contributed by atoms with Gasteiger partial charge < -0.3 is 20.2 Å². The van der Waals surface area contributed by atoms with Gasteiger partial charge in [0.15, 0.2) is 17.4 Å². The van der Waals surface area contributed by atoms with E-state index in [2.05, 4.69) is 15.2 Å². The molecule has 3 aromatic rings. The molecule has 0 bridgehead atoms. The van der Waals surface area contributed by atoms with Crippen molar-refractivity contribution in [2.24, 2.45) is 0 Å². The van der Waals surface area contributed by atoms with Crippen LogP contribution in [0.3, 0.4) is 0 Å². The Kier molecular flexibility index (Phi) is 8.21. The molecular formula is C21H20Cl2FN5O4. The molecule has 0 aliphatic rings. The summed E-state index contributed by atoms with van der Waals surface area (Å²) in [5.74, 6) is -0.336. The first-order valence-electron chi connectivity index (χ1n) is 9.69. The second-order valence-electron chi connectivity index (χ2n) is 6.78. The SMILES string of the molecule is COCCc1[nH]c(=O)ccc1N(C=O)c1cc(OCCc2c(Cl)ccc(F)c2Cl)c(N)nn1. The predicted molar refractivity (Wildman–Crippen MR) is 123 cm³/mol. The third kappa shape index (κ3) is 5.78. The Bertz CT molecular complexity index is 1210. The number of carbonyl (C=O) groups is 1. The van der Waals surface area contributed by atoms with E-state index in [1.807, 2.05) is 0 Å². The molecule has 1 aromatic carbocycles. The lowest BCUT2D eigenvalue weighted by molar-refractivity contribution is -0.106. The van der Waals surface area contributed by atoms with Gasteiger partial charge in [0, 0.05) is 42.8 Å². The zero-order valence-corrected chi connectivity index (χ0v) is 19.0. The molecule has 1 amide bonds. The summed E-state index contributed by atoms with van der Waals surface area (Å²) in [5, 5.41) is 8.04. The summed E-state index contributed by atoms with van der Waals surface area (Å²) in [6.45, 7) is 0.379. The fourth-order valence-corrected chi connectivity index (χ4v) is 3.59. The number of benzene rings is 1. The quantitative estimate of drug-likeness (QED) is 0.326. The molecule has 0 fully saturated rings. The fourth-order valence-electron chi connectivity index (χ4n) is 3.03. The van der Waals surface area contributed by atoms with Crippen LogP contribution in [0.25, 0.3) is 0 Å². The van der Waals surface area contributed by atoms with E-state index in [9.17, 15) is 14.0 Å². The van der Waals surface area contributed by atoms with Crippen molar-refractivity contribution in [2.75, 3.05) is 31.0 Å². The van der Waals surface area contributed by atoms with Gasteiger partial charge in [0.1, 0.15) is 5.82 Å². The highest BCUT2D eigenvalue weighted by molar-refractivity contribution is 6.36. The van der Waals surface area contributed by atoms with Crippen LogP contribution in [-0.2, 0) is 22.4 Å². The van der Waals surface area contributed by atoms with E-state index in [4.69, 9.17) is 38.4 Å². The van der Waals surface area contributed by atoms with Crippen molar-refractivity contribution in [3.8, 4) is 5.75 Å². The van der Waals surface area contributed by atoms with E-state index < -0.39 is 5.82 Å². The molecule has 2 aromatic heterocycles. The molecule has 33 heavy (non-hydrogen) atoms. The Morgan fingerprint density at radius 3 is 2.70 bits per heavy atom. The summed E-state index contributed by atoms with van der Waals surface area (Å²) >= 11 is 12.1. The van der Waals surface area contributed by atoms with Crippen LogP contribution in [0.5, 0.6) is 5.75 Å². The summed E-state index contributed by atoms with van der Waals surface area (Å²) in [5.41, 5.74) is 6.81. The van der Waals surface area contributed by atoms with E-state index in [1.54, 1.807) is 0 Å². The topological polar surface area (TPSA) is 123 Å². The minimum absolute atomic E-state index is 0.0119. The van der Waals surface area contributed by atoms with Gasteiger partial charge in [-0.2, -0.15) is 0 Å². The number of nitrogens with one attached hydrogen (secondary N) is 1. The van der Waals surface area contributed by atoms with Gasteiger partial charge in [-0.05, 0) is 23.8 Å². The molecule has 2 heterocycles. The summed E-state index contributed by atoms with van der Waals surface area (Å²) in [4.78, 5) is 27.6. The maximum Gasteiger partial charge on any atom is 0.248 e. The van der Waals surface area contributed by atoms with E-state index in [0.29, 0.717) is 41.4 Å². The monoisotopic (exact) mass is 495 g/mol. The molecule has 0 aliphatic heterocycles. The molecule has 0 radical (unpaired) electrons. The van der Waals surface area contributed by atoms with Crippen molar-refractivity contribution < 1.29 is 18.7 Å². The van der Waals surface area contributed by atoms with Crippen LogP contribution in [0.4, 0.5) is 21.7 Å². The largest absolute Gasteiger partial charge is 0.489 e. The molecule has 3 rings (SSSR count). The minimum atomic E-state index is -0.588. The number of pyridine rings is 1. The highest BCUT2D eigenvalue weighted by Gasteiger charge is 2.18. The Labute approximate surface area is 198 Å². The van der Waals surface area contributed by atoms with E-state index in [-0.39, 0.29) is 41.0 Å². The normalized spacial score (nSPS) is 10.8. The standard InChI is InChI=1S/C21H20Cl2FN5O4/c1-32-8-7-15-16(4-5-19(31)26-15)29(11-30)18-10-17(21(25)28-27-18)33-9-6-12-13(22)2-3-14(24)20(12)23/h2-5,10-11H,6-9H2,1H3,(H2,25,28)(H,26,31). The van der Waals surface area contributed by atoms with Crippen LogP contribution in [0.2, 0.25) is 10.0 Å². The molecule has 0 unspecified atom stereocenters. The number of nitrogens with zero attached hydrogens (tertiary/aromatic N) is 3. The maximum atomic E-state index is 13.7. The molecule has 12 heteroatoms. The van der Waals surface area contributed by atoms with Crippen molar-refractivity contribution in [3.05, 3.63) is 67.8 Å². The number of methoxy groups -OCH3 is 1. The van der Waals surface area contributed by atoms with Crippen LogP contribution in [0.15, 0.2) is 35.1 Å². The Morgan fingerprint density at radius 1 is 1.18 bits per heavy atom. The van der Waals surface area contributed by atoms with Crippen molar-refractivity contribution in [3.63, 3.8) is 0 Å².